The summed E-state index contributed by atoms with van der Waals surface area (Å²) < 4.78 is 16.7. The van der Waals surface area contributed by atoms with E-state index in [2.05, 4.69) is 15.2 Å². The molecular weight excluding hydrogens is 390 g/mol. The summed E-state index contributed by atoms with van der Waals surface area (Å²) in [5.41, 5.74) is 0.0997. The van der Waals surface area contributed by atoms with Gasteiger partial charge in [-0.1, -0.05) is 12.1 Å². The Morgan fingerprint density at radius 2 is 2.07 bits per heavy atom. The van der Waals surface area contributed by atoms with Gasteiger partial charge in [0, 0.05) is 25.7 Å². The van der Waals surface area contributed by atoms with Crippen molar-refractivity contribution in [2.45, 2.75) is 6.04 Å². The molecule has 1 aromatic carbocycles. The van der Waals surface area contributed by atoms with Crippen molar-refractivity contribution in [2.75, 3.05) is 38.2 Å². The summed E-state index contributed by atoms with van der Waals surface area (Å²) in [7, 11) is 0. The predicted molar refractivity (Wildman–Crippen MR) is 106 cm³/mol. The van der Waals surface area contributed by atoms with Crippen molar-refractivity contribution < 1.29 is 18.5 Å². The molecule has 0 saturated carbocycles. The summed E-state index contributed by atoms with van der Waals surface area (Å²) in [4.78, 5) is 17.2. The Kier molecular flexibility index (Phi) is 5.74. The molecule has 0 radical (unpaired) electrons. The molecule has 1 aliphatic heterocycles. The molecular formula is C20H19N5O5. The maximum Gasteiger partial charge on any atom is 0.282 e. The zero-order valence-electron chi connectivity index (χ0n) is 16.0. The third-order valence-electron chi connectivity index (χ3n) is 4.88. The monoisotopic (exact) mass is 409 g/mol. The number of nitro groups is 1. The van der Waals surface area contributed by atoms with Crippen molar-refractivity contribution >= 4 is 11.6 Å². The van der Waals surface area contributed by atoms with Crippen molar-refractivity contribution in [1.82, 2.24) is 9.88 Å². The number of morpholine rings is 1. The van der Waals surface area contributed by atoms with Crippen molar-refractivity contribution in [1.29, 1.82) is 5.26 Å². The Morgan fingerprint density at radius 3 is 2.77 bits per heavy atom. The summed E-state index contributed by atoms with van der Waals surface area (Å²) in [5, 5.41) is 23.9. The van der Waals surface area contributed by atoms with Crippen molar-refractivity contribution in [3.8, 4) is 17.5 Å². The third kappa shape index (κ3) is 4.03. The Hall–Kier alpha value is -3.68. The first-order valence-electron chi connectivity index (χ1n) is 9.41. The van der Waals surface area contributed by atoms with E-state index < -0.39 is 4.92 Å². The number of oxazole rings is 1. The fourth-order valence-corrected chi connectivity index (χ4v) is 3.41. The molecule has 1 N–H and O–H groups in total. The van der Waals surface area contributed by atoms with E-state index in [1.54, 1.807) is 18.4 Å². The molecule has 1 atom stereocenters. The summed E-state index contributed by atoms with van der Waals surface area (Å²) in [5.74, 6) is 0.957. The maximum absolute atomic E-state index is 11.3. The predicted octanol–water partition coefficient (Wildman–Crippen LogP) is 3.20. The van der Waals surface area contributed by atoms with Crippen LogP contribution in [0.15, 0.2) is 51.5 Å². The molecule has 3 aromatic rings. The van der Waals surface area contributed by atoms with Crippen LogP contribution in [0.2, 0.25) is 0 Å². The van der Waals surface area contributed by atoms with Crippen LogP contribution in [0, 0.1) is 21.4 Å². The number of hydrogen-bond acceptors (Lipinski definition) is 9. The standard InChI is InChI=1S/C20H19N5O5/c21-12-15-20(30-19(23-15)14-4-1-2-5-16(14)25(26)27)22-13-17(18-6-3-9-29-18)24-7-10-28-11-8-24/h1-6,9,17,22H,7-8,10-11,13H2. The van der Waals surface area contributed by atoms with Crippen LogP contribution in [0.3, 0.4) is 0 Å². The van der Waals surface area contributed by atoms with Crippen LogP contribution in [0.25, 0.3) is 11.5 Å². The summed E-state index contributed by atoms with van der Waals surface area (Å²) in [6.07, 6.45) is 1.62. The highest BCUT2D eigenvalue weighted by Crippen LogP contribution is 2.32. The molecule has 1 unspecified atom stereocenters. The second kappa shape index (κ2) is 8.77. The molecule has 1 saturated heterocycles. The average molecular weight is 409 g/mol. The number of rotatable bonds is 7. The second-order valence-electron chi connectivity index (χ2n) is 6.64. The molecule has 3 heterocycles. The highest BCUT2D eigenvalue weighted by Gasteiger charge is 2.27. The van der Waals surface area contributed by atoms with Gasteiger partial charge in [-0.2, -0.15) is 10.2 Å². The van der Waals surface area contributed by atoms with Gasteiger partial charge in [0.2, 0.25) is 17.5 Å². The van der Waals surface area contributed by atoms with Gasteiger partial charge in [0.25, 0.3) is 5.69 Å². The minimum atomic E-state index is -0.510. The van der Waals surface area contributed by atoms with Crippen molar-refractivity contribution in [3.63, 3.8) is 0 Å². The smallest absolute Gasteiger partial charge is 0.282 e. The van der Waals surface area contributed by atoms with E-state index in [9.17, 15) is 15.4 Å². The van der Waals surface area contributed by atoms with Gasteiger partial charge in [0.15, 0.2) is 0 Å². The Labute approximate surface area is 171 Å². The van der Waals surface area contributed by atoms with Crippen LogP contribution >= 0.6 is 0 Å². The molecule has 4 rings (SSSR count). The molecule has 30 heavy (non-hydrogen) atoms. The lowest BCUT2D eigenvalue weighted by Crippen LogP contribution is -2.41. The Bertz CT molecular complexity index is 1050. The number of ether oxygens (including phenoxy) is 1. The normalized spacial score (nSPS) is 15.4. The molecule has 1 fully saturated rings. The van der Waals surface area contributed by atoms with E-state index in [0.29, 0.717) is 19.8 Å². The Morgan fingerprint density at radius 1 is 1.27 bits per heavy atom. The number of benzene rings is 1. The zero-order chi connectivity index (χ0) is 20.9. The first-order valence-corrected chi connectivity index (χ1v) is 9.41. The highest BCUT2D eigenvalue weighted by molar-refractivity contribution is 5.68. The molecule has 10 nitrogen and oxygen atoms in total. The highest BCUT2D eigenvalue weighted by atomic mass is 16.6. The van der Waals surface area contributed by atoms with Gasteiger partial charge in [-0.15, -0.1) is 0 Å². The fraction of sp³-hybridized carbons (Fsp3) is 0.300. The van der Waals surface area contributed by atoms with Gasteiger partial charge >= 0.3 is 0 Å². The summed E-state index contributed by atoms with van der Waals surface area (Å²) in [6.45, 7) is 3.15. The number of nitro benzene ring substituents is 1. The molecule has 154 valence electrons. The van der Waals surface area contributed by atoms with Gasteiger partial charge < -0.3 is 18.9 Å². The van der Waals surface area contributed by atoms with Crippen LogP contribution in [0.1, 0.15) is 17.5 Å². The van der Waals surface area contributed by atoms with Gasteiger partial charge in [0.1, 0.15) is 17.4 Å². The van der Waals surface area contributed by atoms with E-state index in [0.717, 1.165) is 18.8 Å². The zero-order valence-corrected chi connectivity index (χ0v) is 16.0. The van der Waals surface area contributed by atoms with Crippen LogP contribution in [0.5, 0.6) is 0 Å². The lowest BCUT2D eigenvalue weighted by atomic mass is 10.1. The number of furan rings is 1. The fourth-order valence-electron chi connectivity index (χ4n) is 3.41. The number of para-hydroxylation sites is 1. The topological polar surface area (TPSA) is 131 Å². The Balaban J connectivity index is 1.59. The molecule has 0 bridgehead atoms. The van der Waals surface area contributed by atoms with Gasteiger partial charge in [0.05, 0.1) is 30.4 Å². The van der Waals surface area contributed by atoms with Crippen molar-refractivity contribution in [3.05, 3.63) is 64.2 Å². The number of nitrogens with zero attached hydrogens (tertiary/aromatic N) is 4. The molecule has 1 aliphatic rings. The molecule has 10 heteroatoms. The SMILES string of the molecule is N#Cc1nc(-c2ccccc2[N+](=O)[O-])oc1NCC(c1ccco1)N1CCOCC1. The van der Waals surface area contributed by atoms with Crippen LogP contribution in [-0.2, 0) is 4.74 Å². The quantitative estimate of drug-likeness (QED) is 0.461. The third-order valence-corrected chi connectivity index (χ3v) is 4.88. The molecule has 2 aromatic heterocycles. The first kappa shape index (κ1) is 19.6. The van der Waals surface area contributed by atoms with E-state index in [4.69, 9.17) is 13.6 Å². The van der Waals surface area contributed by atoms with E-state index >= 15 is 0 Å². The minimum Gasteiger partial charge on any atom is -0.468 e. The van der Waals surface area contributed by atoms with E-state index in [-0.39, 0.29) is 34.8 Å². The second-order valence-corrected chi connectivity index (χ2v) is 6.64. The van der Waals surface area contributed by atoms with Gasteiger partial charge in [-0.3, -0.25) is 15.0 Å². The van der Waals surface area contributed by atoms with Crippen molar-refractivity contribution in [2.24, 2.45) is 0 Å². The number of anilines is 1. The summed E-state index contributed by atoms with van der Waals surface area (Å²) >= 11 is 0. The van der Waals surface area contributed by atoms with Gasteiger partial charge in [-0.05, 0) is 18.2 Å². The van der Waals surface area contributed by atoms with Crippen LogP contribution < -0.4 is 5.32 Å². The van der Waals surface area contributed by atoms with Crippen LogP contribution in [0.4, 0.5) is 11.6 Å². The van der Waals surface area contributed by atoms with Gasteiger partial charge in [-0.25, -0.2) is 0 Å². The average Bonchev–Trinajstić information content (AvgIpc) is 3.45. The van der Waals surface area contributed by atoms with Crippen LogP contribution in [-0.4, -0.2) is 47.7 Å². The largest absolute Gasteiger partial charge is 0.468 e. The number of hydrogen-bond donors (Lipinski definition) is 1. The van der Waals surface area contributed by atoms with E-state index in [1.807, 2.05) is 18.2 Å². The molecule has 0 aliphatic carbocycles. The minimum absolute atomic E-state index is 0.0160. The lowest BCUT2D eigenvalue weighted by molar-refractivity contribution is -0.384. The van der Waals surface area contributed by atoms with E-state index in [1.165, 1.54) is 12.1 Å². The molecule has 0 spiro atoms. The molecule has 0 amide bonds. The first-order chi connectivity index (χ1) is 14.7. The number of nitriles is 1. The number of nitrogens with one attached hydrogen (secondary N) is 1. The summed E-state index contributed by atoms with van der Waals surface area (Å²) in [6, 6.07) is 11.7. The lowest BCUT2D eigenvalue weighted by Gasteiger charge is -2.33. The maximum atomic E-state index is 11.3. The number of aromatic nitrogens is 1.